The number of benzene rings is 8. The van der Waals surface area contributed by atoms with Crippen molar-refractivity contribution >= 4 is 51.3 Å². The van der Waals surface area contributed by atoms with E-state index in [-0.39, 0.29) is 0 Å². The van der Waals surface area contributed by atoms with Gasteiger partial charge in [0.2, 0.25) is 0 Å². The second kappa shape index (κ2) is 23.0. The zero-order chi connectivity index (χ0) is 42.9. The number of halogens is 2. The van der Waals surface area contributed by atoms with Crippen LogP contribution in [0.5, 0.6) is 0 Å². The average molecular weight is 998 g/mol. The monoisotopic (exact) mass is 996 g/mol. The molecular weight excluding hydrogens is 951 g/mol. The fourth-order valence-corrected chi connectivity index (χ4v) is 9.03. The Bertz CT molecular complexity index is 2730. The SMILES string of the molecule is Brc1cc(-c2ccccc2)ccc1C#Cc1ccc(-c2ccccc2)cc1Br.C1CCOC1.C[Se]c1cc(-c2ccccc2)ccc1C#Cc1ccc(-c2ccccc2)cc1C. The molecule has 9 rings (SSSR count). The normalized spacial score (nSPS) is 11.4. The van der Waals surface area contributed by atoms with Crippen molar-refractivity contribution in [2.75, 3.05) is 13.2 Å². The van der Waals surface area contributed by atoms with Crippen molar-refractivity contribution in [3.63, 3.8) is 0 Å². The number of rotatable bonds is 5. The van der Waals surface area contributed by atoms with E-state index in [0.29, 0.717) is 15.0 Å². The molecule has 0 spiro atoms. The van der Waals surface area contributed by atoms with Crippen LogP contribution in [0.25, 0.3) is 44.5 Å². The summed E-state index contributed by atoms with van der Waals surface area (Å²) in [5.41, 5.74) is 15.1. The molecule has 1 aliphatic heterocycles. The molecule has 1 fully saturated rings. The summed E-state index contributed by atoms with van der Waals surface area (Å²) in [6.45, 7) is 4.14. The van der Waals surface area contributed by atoms with Crippen LogP contribution in [0.3, 0.4) is 0 Å². The summed E-state index contributed by atoms with van der Waals surface area (Å²) >= 11 is 7.72. The molecular formula is C58H46Br2OSe. The molecule has 62 heavy (non-hydrogen) atoms. The van der Waals surface area contributed by atoms with Gasteiger partial charge in [-0.25, -0.2) is 0 Å². The predicted octanol–water partition coefficient (Wildman–Crippen LogP) is 14.8. The van der Waals surface area contributed by atoms with E-state index in [9.17, 15) is 0 Å². The molecule has 8 aromatic carbocycles. The predicted molar refractivity (Wildman–Crippen MR) is 271 cm³/mol. The fraction of sp³-hybridized carbons (Fsp3) is 0.103. The molecule has 0 amide bonds. The molecule has 0 radical (unpaired) electrons. The van der Waals surface area contributed by atoms with Gasteiger partial charge in [-0.05, 0) is 91.2 Å². The molecule has 0 aromatic heterocycles. The standard InChI is InChI=1S/C28H22Se.C26H16Br2.C4H8O/c1-21-19-26(23-9-5-3-6-10-23)17-14-22(21)13-15-25-16-18-27(20-28(25)29-2)24-11-7-4-8-12-24;27-25-17-23(19-7-3-1-4-8-19)15-13-21(25)11-12-22-14-16-24(18-26(22)28)20-9-5-2-6-10-20;1-2-4-5-3-1/h3-12,14,16-20H,1-2H3;1-10,13-18H;1-4H2. The van der Waals surface area contributed by atoms with Gasteiger partial charge in [0.15, 0.2) is 0 Å². The van der Waals surface area contributed by atoms with Gasteiger partial charge in [0, 0.05) is 33.3 Å². The molecule has 0 N–H and O–H groups in total. The first-order valence-electron chi connectivity index (χ1n) is 20.7. The summed E-state index contributed by atoms with van der Waals surface area (Å²) in [6, 6.07) is 67.5. The Morgan fingerprint density at radius 1 is 0.387 bits per heavy atom. The maximum atomic E-state index is 4.94. The Hall–Kier alpha value is -5.68. The number of hydrogen-bond donors (Lipinski definition) is 0. The van der Waals surface area contributed by atoms with E-state index in [4.69, 9.17) is 4.74 Å². The molecule has 1 saturated heterocycles. The summed E-state index contributed by atoms with van der Waals surface area (Å²) in [5, 5.41) is 0. The van der Waals surface area contributed by atoms with Crippen molar-refractivity contribution in [1.82, 2.24) is 0 Å². The molecule has 0 bridgehead atoms. The van der Waals surface area contributed by atoms with E-state index < -0.39 is 0 Å². The Morgan fingerprint density at radius 2 is 0.726 bits per heavy atom. The number of hydrogen-bond acceptors (Lipinski definition) is 1. The molecule has 8 aromatic rings. The van der Waals surface area contributed by atoms with Crippen LogP contribution in [-0.4, -0.2) is 28.2 Å². The van der Waals surface area contributed by atoms with E-state index in [1.165, 1.54) is 67.4 Å². The van der Waals surface area contributed by atoms with Crippen LogP contribution in [0.4, 0.5) is 0 Å². The van der Waals surface area contributed by atoms with Crippen molar-refractivity contribution in [2.24, 2.45) is 0 Å². The molecule has 1 nitrogen and oxygen atoms in total. The third-order valence-corrected chi connectivity index (χ3v) is 13.2. The Balaban J connectivity index is 0.000000167. The van der Waals surface area contributed by atoms with Crippen LogP contribution < -0.4 is 4.46 Å². The molecule has 304 valence electrons. The summed E-state index contributed by atoms with van der Waals surface area (Å²) in [6.07, 6.45) is 2.56. The summed E-state index contributed by atoms with van der Waals surface area (Å²) in [7, 11) is 0. The summed E-state index contributed by atoms with van der Waals surface area (Å²) < 4.78 is 8.29. The van der Waals surface area contributed by atoms with Gasteiger partial charge >= 0.3 is 180 Å². The van der Waals surface area contributed by atoms with E-state index in [0.717, 1.165) is 44.4 Å². The van der Waals surface area contributed by atoms with Crippen LogP contribution in [0.15, 0.2) is 203 Å². The van der Waals surface area contributed by atoms with Gasteiger partial charge in [-0.1, -0.05) is 84.6 Å². The van der Waals surface area contributed by atoms with Crippen molar-refractivity contribution in [1.29, 1.82) is 0 Å². The zero-order valence-corrected chi connectivity index (χ0v) is 39.8. The van der Waals surface area contributed by atoms with Gasteiger partial charge in [0.25, 0.3) is 0 Å². The van der Waals surface area contributed by atoms with Crippen LogP contribution >= 0.6 is 31.9 Å². The second-order valence-electron chi connectivity index (χ2n) is 14.6. The quantitative estimate of drug-likeness (QED) is 0.123. The topological polar surface area (TPSA) is 9.23 Å². The number of ether oxygens (including phenoxy) is 1. The molecule has 0 aliphatic carbocycles. The summed E-state index contributed by atoms with van der Waals surface area (Å²) in [5.74, 6) is 15.6. The first kappa shape index (κ1) is 44.4. The van der Waals surface area contributed by atoms with Crippen molar-refractivity contribution in [3.05, 3.63) is 231 Å². The van der Waals surface area contributed by atoms with Gasteiger partial charge < -0.3 is 4.74 Å². The summed E-state index contributed by atoms with van der Waals surface area (Å²) in [4.78, 5) is 0. The van der Waals surface area contributed by atoms with E-state index in [1.807, 2.05) is 42.5 Å². The van der Waals surface area contributed by atoms with Gasteiger partial charge in [-0.3, -0.25) is 0 Å². The third kappa shape index (κ3) is 12.5. The Kier molecular flexibility index (Phi) is 16.4. The first-order chi connectivity index (χ1) is 30.4. The fourth-order valence-electron chi connectivity index (χ4n) is 6.85. The Labute approximate surface area is 391 Å². The van der Waals surface area contributed by atoms with Crippen LogP contribution in [0.2, 0.25) is 5.82 Å². The van der Waals surface area contributed by atoms with Crippen LogP contribution in [0.1, 0.15) is 40.7 Å². The third-order valence-electron chi connectivity index (χ3n) is 10.3. The average Bonchev–Trinajstić information content (AvgIpc) is 3.93. The Morgan fingerprint density at radius 3 is 1.08 bits per heavy atom. The van der Waals surface area contributed by atoms with Crippen LogP contribution in [0, 0.1) is 30.6 Å². The van der Waals surface area contributed by atoms with E-state index >= 15 is 0 Å². The molecule has 0 saturated carbocycles. The van der Waals surface area contributed by atoms with Crippen molar-refractivity contribution in [3.8, 4) is 68.2 Å². The minimum absolute atomic E-state index is 0.390. The van der Waals surface area contributed by atoms with Crippen molar-refractivity contribution in [2.45, 2.75) is 25.6 Å². The van der Waals surface area contributed by atoms with Crippen molar-refractivity contribution < 1.29 is 4.74 Å². The molecule has 0 unspecified atom stereocenters. The van der Waals surface area contributed by atoms with Gasteiger partial charge in [-0.15, -0.1) is 0 Å². The molecule has 0 atom stereocenters. The molecule has 1 aliphatic rings. The second-order valence-corrected chi connectivity index (χ2v) is 18.1. The first-order valence-corrected chi connectivity index (χ1v) is 24.8. The van der Waals surface area contributed by atoms with Crippen LogP contribution in [-0.2, 0) is 4.74 Å². The van der Waals surface area contributed by atoms with Gasteiger partial charge in [-0.2, -0.15) is 0 Å². The molecule has 4 heteroatoms. The van der Waals surface area contributed by atoms with E-state index in [1.54, 1.807) is 0 Å². The van der Waals surface area contributed by atoms with Gasteiger partial charge in [0.05, 0.1) is 0 Å². The zero-order valence-electron chi connectivity index (χ0n) is 34.9. The minimum atomic E-state index is 0.390. The molecule has 1 heterocycles. The maximum absolute atomic E-state index is 4.94. The number of aryl methyl sites for hydroxylation is 1. The van der Waals surface area contributed by atoms with Gasteiger partial charge in [0.1, 0.15) is 0 Å². The van der Waals surface area contributed by atoms with E-state index in [2.05, 4.69) is 220 Å².